The Bertz CT molecular complexity index is 652. The largest absolute Gasteiger partial charge is 0.497 e. The second-order valence-corrected chi connectivity index (χ2v) is 7.66. The van der Waals surface area contributed by atoms with E-state index in [1.54, 1.807) is 12.0 Å². The maximum absolute atomic E-state index is 12.6. The molecule has 1 saturated carbocycles. The summed E-state index contributed by atoms with van der Waals surface area (Å²) in [4.78, 5) is 27.4. The number of ether oxygens (including phenoxy) is 2. The van der Waals surface area contributed by atoms with Gasteiger partial charge in [0.2, 0.25) is 0 Å². The highest BCUT2D eigenvalue weighted by molar-refractivity contribution is 5.77. The molecule has 28 heavy (non-hydrogen) atoms. The summed E-state index contributed by atoms with van der Waals surface area (Å²) in [5.74, 6) is 0.952. The van der Waals surface area contributed by atoms with E-state index in [2.05, 4.69) is 17.4 Å². The number of carbonyl (C=O) groups excluding carboxylic acids is 2. The van der Waals surface area contributed by atoms with Crippen LogP contribution in [0.1, 0.15) is 38.2 Å². The number of carbonyl (C=O) groups is 2. The third kappa shape index (κ3) is 5.86. The van der Waals surface area contributed by atoms with Crippen LogP contribution in [0, 0.1) is 0 Å². The second kappa shape index (κ2) is 9.78. The van der Waals surface area contributed by atoms with Gasteiger partial charge in [-0.25, -0.2) is 4.79 Å². The molecule has 2 N–H and O–H groups in total. The quantitative estimate of drug-likeness (QED) is 0.694. The number of likely N-dealkylation sites (tertiary alicyclic amines) is 1. The molecule has 3 rings (SSSR count). The van der Waals surface area contributed by atoms with Gasteiger partial charge in [0, 0.05) is 37.5 Å². The standard InChI is InChI=1S/C21H31N3O4/c1-3-28-21(26)23-12-10-17(11-13-23)22-20(25)15-24(18-6-7-18)14-16-4-8-19(27-2)9-5-16/h4-5,8-9,17-18H,3,6-7,10-15H2,1-2H3,(H,22,25)/p+1. The molecular weight excluding hydrogens is 358 g/mol. The van der Waals surface area contributed by atoms with E-state index in [0.717, 1.165) is 25.1 Å². The van der Waals surface area contributed by atoms with Crippen LogP contribution >= 0.6 is 0 Å². The zero-order valence-corrected chi connectivity index (χ0v) is 16.9. The molecule has 0 aromatic heterocycles. The first-order valence-corrected chi connectivity index (χ1v) is 10.3. The molecule has 1 saturated heterocycles. The van der Waals surface area contributed by atoms with Crippen LogP contribution in [0.5, 0.6) is 5.75 Å². The van der Waals surface area contributed by atoms with Crippen molar-refractivity contribution in [3.8, 4) is 5.75 Å². The molecule has 7 heteroatoms. The molecule has 1 aromatic rings. The van der Waals surface area contributed by atoms with Crippen molar-refractivity contribution in [2.24, 2.45) is 0 Å². The van der Waals surface area contributed by atoms with Gasteiger partial charge < -0.3 is 24.6 Å². The number of hydrogen-bond acceptors (Lipinski definition) is 4. The number of rotatable bonds is 8. The number of methoxy groups -OCH3 is 1. The SMILES string of the molecule is CCOC(=O)N1CCC(NC(=O)C[NH+](Cc2ccc(OC)cc2)C2CC2)CC1. The predicted octanol–water partition coefficient (Wildman–Crippen LogP) is 0.980. The van der Waals surface area contributed by atoms with Gasteiger partial charge in [0.1, 0.15) is 12.3 Å². The lowest BCUT2D eigenvalue weighted by molar-refractivity contribution is -0.917. The molecule has 2 aliphatic rings. The van der Waals surface area contributed by atoms with Gasteiger partial charge in [-0.15, -0.1) is 0 Å². The van der Waals surface area contributed by atoms with Crippen molar-refractivity contribution in [1.82, 2.24) is 10.2 Å². The minimum absolute atomic E-state index is 0.102. The number of quaternary nitrogens is 1. The molecule has 1 unspecified atom stereocenters. The van der Waals surface area contributed by atoms with Gasteiger partial charge in [0.15, 0.2) is 6.54 Å². The third-order valence-corrected chi connectivity index (χ3v) is 5.52. The lowest BCUT2D eigenvalue weighted by Gasteiger charge is -2.31. The first kappa shape index (κ1) is 20.5. The fraction of sp³-hybridized carbons (Fsp3) is 0.619. The topological polar surface area (TPSA) is 72.3 Å². The summed E-state index contributed by atoms with van der Waals surface area (Å²) < 4.78 is 10.3. The van der Waals surface area contributed by atoms with Crippen LogP contribution in [0.4, 0.5) is 4.79 Å². The Morgan fingerprint density at radius 2 is 1.82 bits per heavy atom. The van der Waals surface area contributed by atoms with Crippen molar-refractivity contribution in [1.29, 1.82) is 0 Å². The van der Waals surface area contributed by atoms with Gasteiger partial charge in [0.05, 0.1) is 19.8 Å². The van der Waals surface area contributed by atoms with Crippen LogP contribution < -0.4 is 15.0 Å². The third-order valence-electron chi connectivity index (χ3n) is 5.52. The highest BCUT2D eigenvalue weighted by Crippen LogP contribution is 2.17. The Hall–Kier alpha value is -2.28. The smallest absolute Gasteiger partial charge is 0.409 e. The molecule has 1 heterocycles. The summed E-state index contributed by atoms with van der Waals surface area (Å²) in [6.45, 7) is 4.82. The van der Waals surface area contributed by atoms with E-state index in [-0.39, 0.29) is 18.0 Å². The van der Waals surface area contributed by atoms with Crippen molar-refractivity contribution in [2.45, 2.75) is 51.2 Å². The monoisotopic (exact) mass is 390 g/mol. The van der Waals surface area contributed by atoms with Crippen LogP contribution in [0.2, 0.25) is 0 Å². The van der Waals surface area contributed by atoms with Gasteiger partial charge in [-0.3, -0.25) is 4.79 Å². The van der Waals surface area contributed by atoms with E-state index in [1.165, 1.54) is 23.3 Å². The molecular formula is C21H32N3O4+. The molecule has 7 nitrogen and oxygen atoms in total. The van der Waals surface area contributed by atoms with Gasteiger partial charge in [-0.1, -0.05) is 0 Å². The van der Waals surface area contributed by atoms with E-state index in [0.29, 0.717) is 32.3 Å². The molecule has 2 fully saturated rings. The van der Waals surface area contributed by atoms with Crippen molar-refractivity contribution in [2.75, 3.05) is 33.4 Å². The average molecular weight is 391 g/mol. The minimum atomic E-state index is -0.254. The van der Waals surface area contributed by atoms with E-state index in [9.17, 15) is 9.59 Å². The summed E-state index contributed by atoms with van der Waals surface area (Å²) in [6, 6.07) is 8.81. The Labute approximate surface area is 167 Å². The number of nitrogens with one attached hydrogen (secondary N) is 2. The molecule has 1 aliphatic carbocycles. The normalized spacial score (nSPS) is 18.4. The predicted molar refractivity (Wildman–Crippen MR) is 105 cm³/mol. The van der Waals surface area contributed by atoms with Gasteiger partial charge in [-0.05, 0) is 44.0 Å². The molecule has 0 bridgehead atoms. The van der Waals surface area contributed by atoms with E-state index in [4.69, 9.17) is 9.47 Å². The molecule has 0 radical (unpaired) electrons. The zero-order chi connectivity index (χ0) is 19.9. The van der Waals surface area contributed by atoms with E-state index >= 15 is 0 Å². The summed E-state index contributed by atoms with van der Waals surface area (Å²) in [6.07, 6.45) is 3.69. The van der Waals surface area contributed by atoms with Crippen molar-refractivity contribution in [3.05, 3.63) is 29.8 Å². The number of nitrogens with zero attached hydrogens (tertiary/aromatic N) is 1. The molecule has 1 aromatic carbocycles. The molecule has 1 aliphatic heterocycles. The summed E-state index contributed by atoms with van der Waals surface area (Å²) in [5.41, 5.74) is 1.22. The highest BCUT2D eigenvalue weighted by Gasteiger charge is 2.35. The lowest BCUT2D eigenvalue weighted by atomic mass is 10.1. The van der Waals surface area contributed by atoms with Gasteiger partial charge >= 0.3 is 6.09 Å². The zero-order valence-electron chi connectivity index (χ0n) is 16.9. The van der Waals surface area contributed by atoms with Crippen molar-refractivity contribution in [3.63, 3.8) is 0 Å². The molecule has 2 amide bonds. The number of hydrogen-bond donors (Lipinski definition) is 2. The fourth-order valence-corrected chi connectivity index (χ4v) is 3.75. The highest BCUT2D eigenvalue weighted by atomic mass is 16.6. The van der Waals surface area contributed by atoms with E-state index in [1.807, 2.05) is 19.1 Å². The van der Waals surface area contributed by atoms with Crippen molar-refractivity contribution >= 4 is 12.0 Å². The number of amides is 2. The summed E-state index contributed by atoms with van der Waals surface area (Å²) in [5, 5.41) is 3.17. The van der Waals surface area contributed by atoms with Crippen LogP contribution in [-0.4, -0.2) is 62.3 Å². The molecule has 1 atom stereocenters. The summed E-state index contributed by atoms with van der Waals surface area (Å²) >= 11 is 0. The first-order chi connectivity index (χ1) is 13.6. The maximum Gasteiger partial charge on any atom is 0.409 e. The average Bonchev–Trinajstić information content (AvgIpc) is 3.54. The Morgan fingerprint density at radius 3 is 2.39 bits per heavy atom. The van der Waals surface area contributed by atoms with Gasteiger partial charge in [-0.2, -0.15) is 0 Å². The Balaban J connectivity index is 1.45. The molecule has 154 valence electrons. The first-order valence-electron chi connectivity index (χ1n) is 10.3. The van der Waals surface area contributed by atoms with Crippen LogP contribution in [0.25, 0.3) is 0 Å². The fourth-order valence-electron chi connectivity index (χ4n) is 3.75. The number of benzene rings is 1. The number of piperidine rings is 1. The summed E-state index contributed by atoms with van der Waals surface area (Å²) in [7, 11) is 1.66. The van der Waals surface area contributed by atoms with Crippen molar-refractivity contribution < 1.29 is 24.0 Å². The minimum Gasteiger partial charge on any atom is -0.497 e. The second-order valence-electron chi connectivity index (χ2n) is 7.66. The lowest BCUT2D eigenvalue weighted by Crippen LogP contribution is -3.13. The molecule has 0 spiro atoms. The van der Waals surface area contributed by atoms with E-state index < -0.39 is 0 Å². The van der Waals surface area contributed by atoms with Crippen LogP contribution in [0.3, 0.4) is 0 Å². The van der Waals surface area contributed by atoms with Crippen LogP contribution in [0.15, 0.2) is 24.3 Å². The van der Waals surface area contributed by atoms with Crippen LogP contribution in [-0.2, 0) is 16.1 Å². The maximum atomic E-state index is 12.6. The van der Waals surface area contributed by atoms with Gasteiger partial charge in [0.25, 0.3) is 5.91 Å². The Morgan fingerprint density at radius 1 is 1.14 bits per heavy atom. The Kier molecular flexibility index (Phi) is 7.14.